The van der Waals surface area contributed by atoms with Crippen LogP contribution in [0.2, 0.25) is 0 Å². The van der Waals surface area contributed by atoms with Crippen LogP contribution in [-0.4, -0.2) is 33.5 Å². The van der Waals surface area contributed by atoms with Crippen molar-refractivity contribution in [3.8, 4) is 11.5 Å². The van der Waals surface area contributed by atoms with E-state index < -0.39 is 11.8 Å². The van der Waals surface area contributed by atoms with Crippen LogP contribution in [0, 0.1) is 5.82 Å². The van der Waals surface area contributed by atoms with Crippen LogP contribution in [0.5, 0.6) is 11.5 Å². The molecule has 0 unspecified atom stereocenters. The van der Waals surface area contributed by atoms with E-state index in [1.54, 1.807) is 30.3 Å². The smallest absolute Gasteiger partial charge is 0.341 e. The highest BCUT2D eigenvalue weighted by Crippen LogP contribution is 2.33. The number of benzene rings is 3. The molecule has 0 atom stereocenters. The second-order valence-corrected chi connectivity index (χ2v) is 7.23. The first kappa shape index (κ1) is 25.3. The molecule has 0 spiro atoms. The fourth-order valence-corrected chi connectivity index (χ4v) is 3.25. The minimum atomic E-state index is -0.632. The lowest BCUT2D eigenvalue weighted by Crippen LogP contribution is -2.09. The SMILES string of the molecule is COC=C(C(=O)OC)c1ccccc1COc1c(F)cc(C=NOCc2ccccc2)cc1OC. The summed E-state index contributed by atoms with van der Waals surface area (Å²) in [6.07, 6.45) is 2.69. The maximum Gasteiger partial charge on any atom is 0.341 e. The molecule has 0 aliphatic rings. The Morgan fingerprint density at radius 3 is 2.43 bits per heavy atom. The Bertz CT molecular complexity index is 1190. The number of halogens is 1. The standard InChI is InChI=1S/C27H26FNO6/c1-31-18-23(27(30)33-3)22-12-8-7-11-21(22)17-34-26-24(28)13-20(14-25(26)32-2)15-29-35-16-19-9-5-4-6-10-19/h4-15,18H,16-17H2,1-3H3. The first-order valence-corrected chi connectivity index (χ1v) is 10.7. The normalized spacial score (nSPS) is 11.3. The summed E-state index contributed by atoms with van der Waals surface area (Å²) in [5.41, 5.74) is 2.79. The Balaban J connectivity index is 1.75. The van der Waals surface area contributed by atoms with Gasteiger partial charge in [-0.25, -0.2) is 9.18 Å². The van der Waals surface area contributed by atoms with Crippen molar-refractivity contribution in [3.05, 3.63) is 101 Å². The van der Waals surface area contributed by atoms with Crippen LogP contribution < -0.4 is 9.47 Å². The van der Waals surface area contributed by atoms with E-state index >= 15 is 0 Å². The van der Waals surface area contributed by atoms with Gasteiger partial charge in [0.2, 0.25) is 0 Å². The molecule has 0 aliphatic carbocycles. The minimum absolute atomic E-state index is 0.0326. The molecule has 0 radical (unpaired) electrons. The molecule has 0 saturated heterocycles. The highest BCUT2D eigenvalue weighted by molar-refractivity contribution is 6.16. The van der Waals surface area contributed by atoms with Gasteiger partial charge in [-0.2, -0.15) is 0 Å². The molecular weight excluding hydrogens is 453 g/mol. The number of oxime groups is 1. The number of carbonyl (C=O) groups is 1. The summed E-state index contributed by atoms with van der Waals surface area (Å²) < 4.78 is 35.9. The number of carbonyl (C=O) groups excluding carboxylic acids is 1. The lowest BCUT2D eigenvalue weighted by Gasteiger charge is -2.15. The summed E-state index contributed by atoms with van der Waals surface area (Å²) in [5.74, 6) is -1.08. The first-order valence-electron chi connectivity index (χ1n) is 10.7. The Hall–Kier alpha value is -4.33. The molecule has 0 aliphatic heterocycles. The maximum absolute atomic E-state index is 14.9. The first-order chi connectivity index (χ1) is 17.1. The van der Waals surface area contributed by atoms with Crippen molar-refractivity contribution >= 4 is 17.8 Å². The van der Waals surface area contributed by atoms with E-state index in [1.807, 2.05) is 30.3 Å². The van der Waals surface area contributed by atoms with Gasteiger partial charge in [0, 0.05) is 5.56 Å². The molecule has 0 N–H and O–H groups in total. The van der Waals surface area contributed by atoms with Crippen LogP contribution in [0.25, 0.3) is 5.57 Å². The Kier molecular flexibility index (Phi) is 9.24. The molecule has 0 bridgehead atoms. The largest absolute Gasteiger partial charge is 0.503 e. The number of hydrogen-bond donors (Lipinski definition) is 0. The van der Waals surface area contributed by atoms with Gasteiger partial charge in [-0.05, 0) is 28.8 Å². The molecule has 3 rings (SSSR count). The van der Waals surface area contributed by atoms with Gasteiger partial charge in [0.05, 0.1) is 33.8 Å². The van der Waals surface area contributed by atoms with Crippen LogP contribution >= 0.6 is 0 Å². The molecule has 0 aromatic heterocycles. The lowest BCUT2D eigenvalue weighted by atomic mass is 10.0. The molecule has 182 valence electrons. The van der Waals surface area contributed by atoms with Gasteiger partial charge in [-0.15, -0.1) is 0 Å². The van der Waals surface area contributed by atoms with Gasteiger partial charge in [0.1, 0.15) is 18.8 Å². The van der Waals surface area contributed by atoms with Crippen molar-refractivity contribution < 1.29 is 33.0 Å². The van der Waals surface area contributed by atoms with Gasteiger partial charge in [-0.1, -0.05) is 59.8 Å². The highest BCUT2D eigenvalue weighted by atomic mass is 19.1. The Morgan fingerprint density at radius 1 is 0.971 bits per heavy atom. The number of hydrogen-bond acceptors (Lipinski definition) is 7. The van der Waals surface area contributed by atoms with E-state index in [2.05, 4.69) is 5.16 Å². The number of esters is 1. The molecule has 0 heterocycles. The number of rotatable bonds is 11. The van der Waals surface area contributed by atoms with E-state index in [4.69, 9.17) is 23.8 Å². The summed E-state index contributed by atoms with van der Waals surface area (Å²) in [4.78, 5) is 17.5. The zero-order valence-electron chi connectivity index (χ0n) is 19.7. The molecule has 0 fully saturated rings. The molecule has 7 nitrogen and oxygen atoms in total. The lowest BCUT2D eigenvalue weighted by molar-refractivity contribution is -0.133. The van der Waals surface area contributed by atoms with Gasteiger partial charge < -0.3 is 23.8 Å². The third-order valence-electron chi connectivity index (χ3n) is 4.92. The molecule has 3 aromatic rings. The van der Waals surface area contributed by atoms with E-state index in [0.29, 0.717) is 23.3 Å². The molecule has 0 amide bonds. The van der Waals surface area contributed by atoms with Crippen molar-refractivity contribution in [1.29, 1.82) is 0 Å². The second-order valence-electron chi connectivity index (χ2n) is 7.23. The Labute approximate surface area is 203 Å². The fourth-order valence-electron chi connectivity index (χ4n) is 3.25. The van der Waals surface area contributed by atoms with E-state index in [9.17, 15) is 9.18 Å². The van der Waals surface area contributed by atoms with Crippen LogP contribution in [-0.2, 0) is 32.3 Å². The molecule has 35 heavy (non-hydrogen) atoms. The van der Waals surface area contributed by atoms with Gasteiger partial charge in [-0.3, -0.25) is 0 Å². The fraction of sp³-hybridized carbons (Fsp3) is 0.185. The molecular formula is C27H26FNO6. The third-order valence-corrected chi connectivity index (χ3v) is 4.92. The van der Waals surface area contributed by atoms with Crippen molar-refractivity contribution in [3.63, 3.8) is 0 Å². The average molecular weight is 480 g/mol. The topological polar surface area (TPSA) is 75.6 Å². The predicted octanol–water partition coefficient (Wildman–Crippen LogP) is 5.12. The van der Waals surface area contributed by atoms with Crippen molar-refractivity contribution in [2.75, 3.05) is 21.3 Å². The number of nitrogens with zero attached hydrogens (tertiary/aromatic N) is 1. The molecule has 0 saturated carbocycles. The monoisotopic (exact) mass is 479 g/mol. The summed E-state index contributed by atoms with van der Waals surface area (Å²) in [5, 5.41) is 3.90. The molecule has 8 heteroatoms. The van der Waals surface area contributed by atoms with Crippen LogP contribution in [0.4, 0.5) is 4.39 Å². The summed E-state index contributed by atoms with van der Waals surface area (Å²) in [7, 11) is 4.13. The van der Waals surface area contributed by atoms with Gasteiger partial charge >= 0.3 is 5.97 Å². The van der Waals surface area contributed by atoms with Crippen LogP contribution in [0.15, 0.2) is 78.1 Å². The zero-order chi connectivity index (χ0) is 25.0. The molecule has 3 aromatic carbocycles. The highest BCUT2D eigenvalue weighted by Gasteiger charge is 2.19. The van der Waals surface area contributed by atoms with E-state index in [1.165, 1.54) is 39.9 Å². The summed E-state index contributed by atoms with van der Waals surface area (Å²) >= 11 is 0. The van der Waals surface area contributed by atoms with Crippen molar-refractivity contribution in [2.24, 2.45) is 5.16 Å². The number of ether oxygens (including phenoxy) is 4. The zero-order valence-corrected chi connectivity index (χ0v) is 19.7. The summed E-state index contributed by atoms with van der Waals surface area (Å²) in [6.45, 7) is 0.262. The Morgan fingerprint density at radius 2 is 1.71 bits per heavy atom. The van der Waals surface area contributed by atoms with Crippen LogP contribution in [0.1, 0.15) is 22.3 Å². The minimum Gasteiger partial charge on any atom is -0.503 e. The summed E-state index contributed by atoms with van der Waals surface area (Å²) in [6, 6.07) is 19.5. The number of methoxy groups -OCH3 is 3. The van der Waals surface area contributed by atoms with Crippen LogP contribution in [0.3, 0.4) is 0 Å². The maximum atomic E-state index is 14.9. The average Bonchev–Trinajstić information content (AvgIpc) is 2.89. The quantitative estimate of drug-likeness (QED) is 0.125. The van der Waals surface area contributed by atoms with Crippen molar-refractivity contribution in [2.45, 2.75) is 13.2 Å². The van der Waals surface area contributed by atoms with Gasteiger partial charge in [0.25, 0.3) is 0 Å². The van der Waals surface area contributed by atoms with E-state index in [-0.39, 0.29) is 23.7 Å². The van der Waals surface area contributed by atoms with Crippen molar-refractivity contribution in [1.82, 2.24) is 0 Å². The predicted molar refractivity (Wildman–Crippen MR) is 130 cm³/mol. The third kappa shape index (κ3) is 6.83. The van der Waals surface area contributed by atoms with Gasteiger partial charge in [0.15, 0.2) is 17.3 Å². The van der Waals surface area contributed by atoms with E-state index in [0.717, 1.165) is 5.56 Å². The second kappa shape index (κ2) is 12.8.